The van der Waals surface area contributed by atoms with Crippen molar-refractivity contribution in [3.05, 3.63) is 59.3 Å². The van der Waals surface area contributed by atoms with Gasteiger partial charge in [0.25, 0.3) is 0 Å². The molecule has 2 rings (SSSR count). The summed E-state index contributed by atoms with van der Waals surface area (Å²) < 4.78 is 0. The van der Waals surface area contributed by atoms with Crippen molar-refractivity contribution in [3.63, 3.8) is 0 Å². The number of anilines is 1. The highest BCUT2D eigenvalue weighted by Gasteiger charge is 2.09. The normalized spacial score (nSPS) is 12.3. The molecule has 1 aromatic carbocycles. The first-order chi connectivity index (χ1) is 8.66. The van der Waals surface area contributed by atoms with Crippen LogP contribution in [0.15, 0.2) is 42.6 Å². The van der Waals surface area contributed by atoms with Crippen LogP contribution in [-0.2, 0) is 6.42 Å². The molecule has 94 valence electrons. The molecule has 0 spiro atoms. The second-order valence-electron chi connectivity index (χ2n) is 4.47. The summed E-state index contributed by atoms with van der Waals surface area (Å²) in [6.07, 6.45) is 3.76. The number of rotatable bonds is 4. The van der Waals surface area contributed by atoms with Gasteiger partial charge in [-0.2, -0.15) is 0 Å². The van der Waals surface area contributed by atoms with E-state index in [2.05, 4.69) is 51.2 Å². The van der Waals surface area contributed by atoms with Crippen LogP contribution in [0.2, 0.25) is 0 Å². The molecule has 0 fully saturated rings. The molecule has 2 nitrogen and oxygen atoms in total. The first-order valence-corrected chi connectivity index (χ1v) is 6.98. The Bertz CT molecular complexity index is 511. The summed E-state index contributed by atoms with van der Waals surface area (Å²) in [5, 5.41) is 0. The van der Waals surface area contributed by atoms with E-state index < -0.39 is 0 Å². The van der Waals surface area contributed by atoms with Crippen molar-refractivity contribution >= 4 is 21.7 Å². The van der Waals surface area contributed by atoms with Gasteiger partial charge in [-0.15, -0.1) is 0 Å². The minimum atomic E-state index is 0.360. The maximum atomic E-state index is 5.89. The predicted molar refractivity (Wildman–Crippen MR) is 79.8 cm³/mol. The van der Waals surface area contributed by atoms with Crippen LogP contribution in [0.25, 0.3) is 0 Å². The van der Waals surface area contributed by atoms with Gasteiger partial charge >= 0.3 is 0 Å². The van der Waals surface area contributed by atoms with Crippen LogP contribution in [-0.4, -0.2) is 4.98 Å². The van der Waals surface area contributed by atoms with Crippen LogP contribution in [0, 0.1) is 6.92 Å². The second-order valence-corrected chi connectivity index (χ2v) is 5.58. The second kappa shape index (κ2) is 6.01. The molecule has 1 atom stereocenters. The number of alkyl halides is 1. The van der Waals surface area contributed by atoms with Crippen molar-refractivity contribution in [1.29, 1.82) is 0 Å². The zero-order valence-electron chi connectivity index (χ0n) is 10.4. The molecule has 0 aliphatic rings. The number of hydrogen-bond acceptors (Lipinski definition) is 2. The first-order valence-electron chi connectivity index (χ1n) is 6.07. The van der Waals surface area contributed by atoms with Gasteiger partial charge in [-0.25, -0.2) is 4.98 Å². The average Bonchev–Trinajstić information content (AvgIpc) is 2.40. The molecule has 3 heteroatoms. The van der Waals surface area contributed by atoms with Gasteiger partial charge in [0.2, 0.25) is 0 Å². The van der Waals surface area contributed by atoms with Gasteiger partial charge in [-0.05, 0) is 36.5 Å². The minimum Gasteiger partial charge on any atom is -0.383 e. The van der Waals surface area contributed by atoms with E-state index in [-0.39, 0.29) is 0 Å². The molecule has 1 aromatic heterocycles. The lowest BCUT2D eigenvalue weighted by molar-refractivity contribution is 0.811. The number of nitrogens with zero attached hydrogens (tertiary/aromatic N) is 1. The number of nitrogen functional groups attached to an aromatic ring is 1. The summed E-state index contributed by atoms with van der Waals surface area (Å²) in [7, 11) is 0. The zero-order chi connectivity index (χ0) is 13.0. The van der Waals surface area contributed by atoms with Gasteiger partial charge in [0.15, 0.2) is 0 Å². The molecule has 2 N–H and O–H groups in total. The van der Waals surface area contributed by atoms with Crippen molar-refractivity contribution < 1.29 is 0 Å². The Morgan fingerprint density at radius 3 is 2.72 bits per heavy atom. The lowest BCUT2D eigenvalue weighted by Crippen LogP contribution is -2.00. The molecular weight excluding hydrogens is 288 g/mol. The van der Waals surface area contributed by atoms with E-state index in [0.717, 1.165) is 24.0 Å². The van der Waals surface area contributed by atoms with Crippen molar-refractivity contribution in [1.82, 2.24) is 4.98 Å². The third kappa shape index (κ3) is 3.33. The Hall–Kier alpha value is -1.35. The van der Waals surface area contributed by atoms with E-state index in [1.54, 1.807) is 0 Å². The van der Waals surface area contributed by atoms with Crippen LogP contribution < -0.4 is 5.73 Å². The van der Waals surface area contributed by atoms with Gasteiger partial charge in [-0.3, -0.25) is 0 Å². The van der Waals surface area contributed by atoms with Crippen molar-refractivity contribution in [2.24, 2.45) is 0 Å². The lowest BCUT2D eigenvalue weighted by atomic mass is 10.0. The van der Waals surface area contributed by atoms with Crippen molar-refractivity contribution in [3.8, 4) is 0 Å². The Labute approximate surface area is 116 Å². The topological polar surface area (TPSA) is 38.9 Å². The molecule has 0 aliphatic carbocycles. The number of aryl methyl sites for hydroxylation is 2. The highest BCUT2D eigenvalue weighted by molar-refractivity contribution is 9.09. The van der Waals surface area contributed by atoms with E-state index >= 15 is 0 Å². The summed E-state index contributed by atoms with van der Waals surface area (Å²) in [6.45, 7) is 2.04. The quantitative estimate of drug-likeness (QED) is 0.866. The Morgan fingerprint density at radius 2 is 2.00 bits per heavy atom. The fourth-order valence-corrected chi connectivity index (χ4v) is 2.49. The van der Waals surface area contributed by atoms with Crippen LogP contribution in [0.5, 0.6) is 0 Å². The maximum Gasteiger partial charge on any atom is 0.126 e. The van der Waals surface area contributed by atoms with Gasteiger partial charge in [-0.1, -0.05) is 52.3 Å². The largest absolute Gasteiger partial charge is 0.383 e. The number of nitrogens with two attached hydrogens (primary N) is 1. The molecule has 0 saturated carbocycles. The van der Waals surface area contributed by atoms with Crippen LogP contribution >= 0.6 is 15.9 Å². The Morgan fingerprint density at radius 1 is 1.28 bits per heavy atom. The highest BCUT2D eigenvalue weighted by Crippen LogP contribution is 2.28. The molecule has 0 saturated heterocycles. The van der Waals surface area contributed by atoms with Crippen LogP contribution in [0.3, 0.4) is 0 Å². The standard InChI is InChI=1S/C15H17BrN2/c1-11-9-13(15(17)18-10-11)7-8-14(16)12-5-3-2-4-6-12/h2-6,9-10,14H,7-8H2,1H3,(H2,17,18). The number of halogens is 1. The molecule has 0 aliphatic heterocycles. The monoisotopic (exact) mass is 304 g/mol. The Balaban J connectivity index is 2.01. The molecule has 1 heterocycles. The molecule has 18 heavy (non-hydrogen) atoms. The fraction of sp³-hybridized carbons (Fsp3) is 0.267. The summed E-state index contributed by atoms with van der Waals surface area (Å²) in [6, 6.07) is 12.5. The first kappa shape index (κ1) is 13.1. The maximum absolute atomic E-state index is 5.89. The smallest absolute Gasteiger partial charge is 0.126 e. The zero-order valence-corrected chi connectivity index (χ0v) is 12.0. The molecule has 0 bridgehead atoms. The molecule has 1 unspecified atom stereocenters. The highest BCUT2D eigenvalue weighted by atomic mass is 79.9. The van der Waals surface area contributed by atoms with E-state index in [1.807, 2.05) is 19.2 Å². The molecule has 0 amide bonds. The SMILES string of the molecule is Cc1cnc(N)c(CCC(Br)c2ccccc2)c1. The number of benzene rings is 1. The van der Waals surface area contributed by atoms with Crippen LogP contribution in [0.1, 0.15) is 27.9 Å². The van der Waals surface area contributed by atoms with Crippen molar-refractivity contribution in [2.75, 3.05) is 5.73 Å². The van der Waals surface area contributed by atoms with E-state index in [0.29, 0.717) is 10.6 Å². The average molecular weight is 305 g/mol. The lowest BCUT2D eigenvalue weighted by Gasteiger charge is -2.11. The van der Waals surface area contributed by atoms with Gasteiger partial charge < -0.3 is 5.73 Å². The minimum absolute atomic E-state index is 0.360. The fourth-order valence-electron chi connectivity index (χ4n) is 1.95. The van der Waals surface area contributed by atoms with Gasteiger partial charge in [0.1, 0.15) is 5.82 Å². The number of hydrogen-bond donors (Lipinski definition) is 1. The Kier molecular flexibility index (Phi) is 4.37. The summed E-state index contributed by atoms with van der Waals surface area (Å²) in [5.41, 5.74) is 9.48. The van der Waals surface area contributed by atoms with E-state index in [9.17, 15) is 0 Å². The molecule has 0 radical (unpaired) electrons. The van der Waals surface area contributed by atoms with E-state index in [1.165, 1.54) is 5.56 Å². The van der Waals surface area contributed by atoms with Gasteiger partial charge in [0.05, 0.1) is 0 Å². The number of aromatic nitrogens is 1. The third-order valence-electron chi connectivity index (χ3n) is 2.97. The molecular formula is C15H17BrN2. The summed E-state index contributed by atoms with van der Waals surface area (Å²) in [5.74, 6) is 0.647. The molecule has 2 aromatic rings. The third-order valence-corrected chi connectivity index (χ3v) is 3.95. The summed E-state index contributed by atoms with van der Waals surface area (Å²) >= 11 is 3.73. The van der Waals surface area contributed by atoms with Gasteiger partial charge in [0, 0.05) is 11.0 Å². The predicted octanol–water partition coefficient (Wildman–Crippen LogP) is 4.04. The number of pyridine rings is 1. The van der Waals surface area contributed by atoms with E-state index in [4.69, 9.17) is 5.73 Å². The van der Waals surface area contributed by atoms with Crippen molar-refractivity contribution in [2.45, 2.75) is 24.6 Å². The van der Waals surface area contributed by atoms with Crippen LogP contribution in [0.4, 0.5) is 5.82 Å². The summed E-state index contributed by atoms with van der Waals surface area (Å²) in [4.78, 5) is 4.55.